The average Bonchev–Trinajstić information content (AvgIpc) is 2.26. The quantitative estimate of drug-likeness (QED) is 0.749. The highest BCUT2D eigenvalue weighted by molar-refractivity contribution is 6.18. The Morgan fingerprint density at radius 2 is 1.88 bits per heavy atom. The van der Waals surface area contributed by atoms with Crippen LogP contribution in [0.2, 0.25) is 0 Å². The fraction of sp³-hybridized carbons (Fsp3) is 0.571. The van der Waals surface area contributed by atoms with Gasteiger partial charge in [-0.15, -0.1) is 11.6 Å². The molecule has 0 aromatic heterocycles. The van der Waals surface area contributed by atoms with Gasteiger partial charge in [0, 0.05) is 19.0 Å². The smallest absolute Gasteiger partial charge is 0.124 e. The van der Waals surface area contributed by atoms with Gasteiger partial charge in [-0.2, -0.15) is 0 Å². The predicted octanol–water partition coefficient (Wildman–Crippen LogP) is 3.29. The summed E-state index contributed by atoms with van der Waals surface area (Å²) in [5.74, 6) is 1.68. The van der Waals surface area contributed by atoms with Gasteiger partial charge in [-0.25, -0.2) is 0 Å². The first kappa shape index (κ1) is 14.3. The molecule has 0 unspecified atom stereocenters. The highest BCUT2D eigenvalue weighted by atomic mass is 35.5. The normalized spacial score (nSPS) is 11.0. The van der Waals surface area contributed by atoms with Crippen LogP contribution in [-0.4, -0.2) is 31.5 Å². The molecule has 1 aromatic carbocycles. The number of nitrogens with zero attached hydrogens (tertiary/aromatic N) is 1. The Balaban J connectivity index is 3.02. The highest BCUT2D eigenvalue weighted by Crippen LogP contribution is 2.28. The molecule has 0 bridgehead atoms. The summed E-state index contributed by atoms with van der Waals surface area (Å²) in [4.78, 5) is 2.24. The minimum atomic E-state index is 0.670. The third-order valence-electron chi connectivity index (χ3n) is 3.24. The summed E-state index contributed by atoms with van der Waals surface area (Å²) >= 11 is 5.75. The summed E-state index contributed by atoms with van der Waals surface area (Å²) in [7, 11) is 3.82. The molecule has 3 heteroatoms. The minimum absolute atomic E-state index is 0.670. The summed E-state index contributed by atoms with van der Waals surface area (Å²) in [5.41, 5.74) is 5.11. The fourth-order valence-corrected chi connectivity index (χ4v) is 2.42. The Kier molecular flexibility index (Phi) is 5.29. The van der Waals surface area contributed by atoms with E-state index in [9.17, 15) is 0 Å². The lowest BCUT2D eigenvalue weighted by atomic mass is 9.98. The Labute approximate surface area is 110 Å². The summed E-state index contributed by atoms with van der Waals surface area (Å²) in [6, 6.07) is 2.21. The summed E-state index contributed by atoms with van der Waals surface area (Å²) in [6.07, 6.45) is 0. The highest BCUT2D eigenvalue weighted by Gasteiger charge is 2.11. The molecule has 0 saturated carbocycles. The molecular formula is C14H22ClNO. The van der Waals surface area contributed by atoms with E-state index in [4.69, 9.17) is 16.3 Å². The van der Waals surface area contributed by atoms with Crippen LogP contribution in [-0.2, 0) is 6.54 Å². The van der Waals surface area contributed by atoms with Crippen molar-refractivity contribution in [3.8, 4) is 5.75 Å². The van der Waals surface area contributed by atoms with Crippen molar-refractivity contribution in [3.05, 3.63) is 28.3 Å². The number of aryl methyl sites for hydroxylation is 1. The lowest BCUT2D eigenvalue weighted by molar-refractivity contribution is 0.346. The number of rotatable bonds is 5. The van der Waals surface area contributed by atoms with Crippen LogP contribution in [0, 0.1) is 20.8 Å². The van der Waals surface area contributed by atoms with E-state index in [1.54, 1.807) is 7.11 Å². The Bertz CT molecular complexity index is 390. The van der Waals surface area contributed by atoms with Gasteiger partial charge in [0.1, 0.15) is 5.75 Å². The summed E-state index contributed by atoms with van der Waals surface area (Å²) in [5, 5.41) is 0. The Morgan fingerprint density at radius 1 is 1.24 bits per heavy atom. The summed E-state index contributed by atoms with van der Waals surface area (Å²) < 4.78 is 5.43. The molecule has 0 saturated heterocycles. The number of benzene rings is 1. The van der Waals surface area contributed by atoms with Crippen molar-refractivity contribution in [2.24, 2.45) is 0 Å². The molecule has 0 radical (unpaired) electrons. The number of ether oxygens (including phenoxy) is 1. The number of halogens is 1. The van der Waals surface area contributed by atoms with E-state index in [0.29, 0.717) is 5.88 Å². The third-order valence-corrected chi connectivity index (χ3v) is 3.41. The van der Waals surface area contributed by atoms with Gasteiger partial charge < -0.3 is 9.64 Å². The standard InChI is InChI=1S/C14H22ClNO/c1-10-8-13(9-16(4)7-6-15)11(2)12(3)14(10)17-5/h8H,6-7,9H2,1-5H3. The Hall–Kier alpha value is -0.730. The molecule has 0 aliphatic rings. The van der Waals surface area contributed by atoms with Crippen molar-refractivity contribution >= 4 is 11.6 Å². The van der Waals surface area contributed by atoms with Gasteiger partial charge in [-0.3, -0.25) is 0 Å². The van der Waals surface area contributed by atoms with Crippen LogP contribution in [0.1, 0.15) is 22.3 Å². The maximum absolute atomic E-state index is 5.75. The first-order chi connectivity index (χ1) is 8.01. The van der Waals surface area contributed by atoms with Crippen LogP contribution < -0.4 is 4.74 Å². The van der Waals surface area contributed by atoms with Crippen LogP contribution in [0.3, 0.4) is 0 Å². The second-order valence-corrected chi connectivity index (χ2v) is 4.94. The molecule has 0 aliphatic carbocycles. The number of hydrogen-bond donors (Lipinski definition) is 0. The maximum Gasteiger partial charge on any atom is 0.124 e. The van der Waals surface area contributed by atoms with Crippen molar-refractivity contribution in [1.82, 2.24) is 4.90 Å². The van der Waals surface area contributed by atoms with E-state index >= 15 is 0 Å². The number of hydrogen-bond acceptors (Lipinski definition) is 2. The summed E-state index contributed by atoms with van der Waals surface area (Å²) in [6.45, 7) is 8.21. The zero-order chi connectivity index (χ0) is 13.0. The molecule has 0 heterocycles. The minimum Gasteiger partial charge on any atom is -0.496 e. The SMILES string of the molecule is COc1c(C)cc(CN(C)CCCl)c(C)c1C. The van der Waals surface area contributed by atoms with Gasteiger partial charge in [0.2, 0.25) is 0 Å². The zero-order valence-electron chi connectivity index (χ0n) is 11.4. The zero-order valence-corrected chi connectivity index (χ0v) is 12.2. The van der Waals surface area contributed by atoms with Crippen LogP contribution in [0.25, 0.3) is 0 Å². The van der Waals surface area contributed by atoms with E-state index in [1.807, 2.05) is 0 Å². The molecule has 0 amide bonds. The van der Waals surface area contributed by atoms with Crippen LogP contribution in [0.4, 0.5) is 0 Å². The second kappa shape index (κ2) is 6.27. The molecule has 1 aromatic rings. The first-order valence-electron chi connectivity index (χ1n) is 5.89. The average molecular weight is 256 g/mol. The van der Waals surface area contributed by atoms with E-state index in [1.165, 1.54) is 22.3 Å². The molecule has 17 heavy (non-hydrogen) atoms. The molecule has 0 atom stereocenters. The van der Waals surface area contributed by atoms with E-state index in [-0.39, 0.29) is 0 Å². The number of methoxy groups -OCH3 is 1. The third kappa shape index (κ3) is 3.36. The predicted molar refractivity (Wildman–Crippen MR) is 74.3 cm³/mol. The molecular weight excluding hydrogens is 234 g/mol. The van der Waals surface area contributed by atoms with Gasteiger partial charge in [0.05, 0.1) is 7.11 Å². The van der Waals surface area contributed by atoms with Crippen molar-refractivity contribution < 1.29 is 4.74 Å². The van der Waals surface area contributed by atoms with Crippen molar-refractivity contribution in [2.45, 2.75) is 27.3 Å². The van der Waals surface area contributed by atoms with Gasteiger partial charge in [0.25, 0.3) is 0 Å². The van der Waals surface area contributed by atoms with Crippen LogP contribution in [0.5, 0.6) is 5.75 Å². The maximum atomic E-state index is 5.75. The van der Waals surface area contributed by atoms with Gasteiger partial charge in [-0.05, 0) is 50.1 Å². The van der Waals surface area contributed by atoms with E-state index in [0.717, 1.165) is 18.8 Å². The molecule has 0 aliphatic heterocycles. The van der Waals surface area contributed by atoms with Crippen molar-refractivity contribution in [3.63, 3.8) is 0 Å². The molecule has 96 valence electrons. The van der Waals surface area contributed by atoms with Crippen molar-refractivity contribution in [1.29, 1.82) is 0 Å². The monoisotopic (exact) mass is 255 g/mol. The topological polar surface area (TPSA) is 12.5 Å². The molecule has 1 rings (SSSR count). The lowest BCUT2D eigenvalue weighted by Crippen LogP contribution is -2.21. The molecule has 0 N–H and O–H groups in total. The second-order valence-electron chi connectivity index (χ2n) is 4.56. The molecule has 2 nitrogen and oxygen atoms in total. The first-order valence-corrected chi connectivity index (χ1v) is 6.42. The van der Waals surface area contributed by atoms with Crippen LogP contribution in [0.15, 0.2) is 6.07 Å². The van der Waals surface area contributed by atoms with Crippen LogP contribution >= 0.6 is 11.6 Å². The van der Waals surface area contributed by atoms with E-state index < -0.39 is 0 Å². The fourth-order valence-electron chi connectivity index (χ4n) is 2.13. The lowest BCUT2D eigenvalue weighted by Gasteiger charge is -2.20. The van der Waals surface area contributed by atoms with E-state index in [2.05, 4.69) is 38.8 Å². The largest absolute Gasteiger partial charge is 0.496 e. The Morgan fingerprint density at radius 3 is 2.41 bits per heavy atom. The molecule has 0 fully saturated rings. The van der Waals surface area contributed by atoms with Gasteiger partial charge >= 0.3 is 0 Å². The van der Waals surface area contributed by atoms with Crippen molar-refractivity contribution in [2.75, 3.05) is 26.6 Å². The van der Waals surface area contributed by atoms with Gasteiger partial charge in [-0.1, -0.05) is 6.07 Å². The number of alkyl halides is 1. The van der Waals surface area contributed by atoms with Gasteiger partial charge in [0.15, 0.2) is 0 Å². The molecule has 0 spiro atoms.